The number of anilines is 1. The second-order valence-electron chi connectivity index (χ2n) is 6.41. The number of pyridine rings is 1. The molecule has 3 aromatic rings. The number of hydrogen-bond acceptors (Lipinski definition) is 5. The minimum atomic E-state index is -0.540. The van der Waals surface area contributed by atoms with E-state index < -0.39 is 11.5 Å². The highest BCUT2D eigenvalue weighted by atomic mass is 16.2. The number of aromatic amines is 1. The molecule has 0 spiro atoms. The highest BCUT2D eigenvalue weighted by Gasteiger charge is 2.24. The van der Waals surface area contributed by atoms with Gasteiger partial charge in [0.2, 0.25) is 0 Å². The van der Waals surface area contributed by atoms with Gasteiger partial charge in [-0.2, -0.15) is 0 Å². The first-order valence-corrected chi connectivity index (χ1v) is 8.26. The van der Waals surface area contributed by atoms with E-state index in [4.69, 9.17) is 0 Å². The Morgan fingerprint density at radius 2 is 2.08 bits per heavy atom. The van der Waals surface area contributed by atoms with Crippen LogP contribution >= 0.6 is 0 Å². The van der Waals surface area contributed by atoms with Crippen LogP contribution in [0.4, 0.5) is 5.69 Å². The number of aryl methyl sites for hydroxylation is 2. The summed E-state index contributed by atoms with van der Waals surface area (Å²) in [5.74, 6) is 0.798. The van der Waals surface area contributed by atoms with Gasteiger partial charge in [-0.15, -0.1) is 10.2 Å². The molecular weight excluding hydrogens is 320 g/mol. The Bertz CT molecular complexity index is 1030. The van der Waals surface area contributed by atoms with Gasteiger partial charge in [-0.25, -0.2) is 4.98 Å². The third kappa shape index (κ3) is 2.69. The second kappa shape index (κ2) is 5.80. The number of fused-ring (bicyclic) bond motifs is 1. The molecule has 3 aromatic heterocycles. The molecule has 0 aliphatic heterocycles. The third-order valence-electron chi connectivity index (χ3n) is 4.71. The number of carbonyl (C=O) groups is 1. The highest BCUT2D eigenvalue weighted by molar-refractivity contribution is 6.02. The molecule has 0 bridgehead atoms. The molecule has 4 rings (SSSR count). The first kappa shape index (κ1) is 15.5. The monoisotopic (exact) mass is 338 g/mol. The number of nitrogens with one attached hydrogen (secondary N) is 2. The van der Waals surface area contributed by atoms with Crippen LogP contribution in [0.5, 0.6) is 0 Å². The Morgan fingerprint density at radius 3 is 2.80 bits per heavy atom. The maximum absolute atomic E-state index is 12.4. The van der Waals surface area contributed by atoms with Crippen LogP contribution in [-0.2, 0) is 0 Å². The molecule has 1 aliphatic carbocycles. The fourth-order valence-electron chi connectivity index (χ4n) is 2.89. The van der Waals surface area contributed by atoms with E-state index in [2.05, 4.69) is 25.5 Å². The summed E-state index contributed by atoms with van der Waals surface area (Å²) in [6.45, 7) is 3.49. The van der Waals surface area contributed by atoms with Crippen LogP contribution in [0, 0.1) is 13.8 Å². The average Bonchev–Trinajstić information content (AvgIpc) is 2.92. The van der Waals surface area contributed by atoms with E-state index in [1.807, 2.05) is 4.40 Å². The number of carbonyl (C=O) groups excluding carboxylic acids is 1. The molecule has 0 unspecified atom stereocenters. The Labute approximate surface area is 143 Å². The summed E-state index contributed by atoms with van der Waals surface area (Å²) in [4.78, 5) is 31.1. The maximum Gasteiger partial charge on any atom is 0.280 e. The fourth-order valence-corrected chi connectivity index (χ4v) is 2.89. The van der Waals surface area contributed by atoms with Crippen LogP contribution in [0.1, 0.15) is 52.9 Å². The Balaban J connectivity index is 1.65. The van der Waals surface area contributed by atoms with Crippen molar-refractivity contribution in [1.82, 2.24) is 24.6 Å². The van der Waals surface area contributed by atoms with E-state index in [1.54, 1.807) is 32.2 Å². The summed E-state index contributed by atoms with van der Waals surface area (Å²) < 4.78 is 1.90. The van der Waals surface area contributed by atoms with Crippen molar-refractivity contribution in [2.45, 2.75) is 39.0 Å². The van der Waals surface area contributed by atoms with Gasteiger partial charge in [0.05, 0.1) is 11.4 Å². The van der Waals surface area contributed by atoms with Gasteiger partial charge in [0.1, 0.15) is 5.82 Å². The normalized spacial score (nSPS) is 14.5. The van der Waals surface area contributed by atoms with E-state index in [1.165, 1.54) is 6.42 Å². The molecule has 1 saturated carbocycles. The number of aromatic nitrogens is 5. The molecule has 8 heteroatoms. The van der Waals surface area contributed by atoms with Crippen LogP contribution < -0.4 is 10.9 Å². The van der Waals surface area contributed by atoms with Gasteiger partial charge in [-0.3, -0.25) is 14.0 Å². The molecule has 0 saturated heterocycles. The Kier molecular flexibility index (Phi) is 3.60. The van der Waals surface area contributed by atoms with Crippen LogP contribution in [0.25, 0.3) is 5.65 Å². The standard InChI is InChI=1S/C17H18N6O2/c1-9-10(2)19-16(24)14(18-9)17(25)20-12-6-7-13-21-22-15(23(13)8-12)11-4-3-5-11/h6-8,11H,3-5H2,1-2H3,(H,19,24)(H,20,25). The molecule has 8 nitrogen and oxygen atoms in total. The number of hydrogen-bond donors (Lipinski definition) is 2. The highest BCUT2D eigenvalue weighted by Crippen LogP contribution is 2.35. The Hall–Kier alpha value is -3.03. The van der Waals surface area contributed by atoms with Gasteiger partial charge in [0.15, 0.2) is 11.3 Å². The zero-order chi connectivity index (χ0) is 17.6. The van der Waals surface area contributed by atoms with E-state index in [0.717, 1.165) is 24.3 Å². The minimum absolute atomic E-state index is 0.147. The summed E-state index contributed by atoms with van der Waals surface area (Å²) in [5.41, 5.74) is 1.93. The Morgan fingerprint density at radius 1 is 1.28 bits per heavy atom. The smallest absolute Gasteiger partial charge is 0.280 e. The van der Waals surface area contributed by atoms with Crippen LogP contribution in [-0.4, -0.2) is 30.5 Å². The van der Waals surface area contributed by atoms with Crippen LogP contribution in [0.15, 0.2) is 23.1 Å². The zero-order valence-corrected chi connectivity index (χ0v) is 14.0. The topological polar surface area (TPSA) is 105 Å². The quantitative estimate of drug-likeness (QED) is 0.759. The molecule has 3 heterocycles. The van der Waals surface area contributed by atoms with Gasteiger partial charge in [-0.1, -0.05) is 6.42 Å². The van der Waals surface area contributed by atoms with E-state index >= 15 is 0 Å². The summed E-state index contributed by atoms with van der Waals surface area (Å²) in [6.07, 6.45) is 5.21. The van der Waals surface area contributed by atoms with E-state index in [9.17, 15) is 9.59 Å². The molecule has 0 aromatic carbocycles. The number of nitrogens with zero attached hydrogens (tertiary/aromatic N) is 4. The van der Waals surface area contributed by atoms with Gasteiger partial charge in [0.25, 0.3) is 11.5 Å². The van der Waals surface area contributed by atoms with Gasteiger partial charge in [-0.05, 0) is 38.8 Å². The summed E-state index contributed by atoms with van der Waals surface area (Å²) in [5, 5.41) is 11.2. The predicted molar refractivity (Wildman–Crippen MR) is 91.9 cm³/mol. The van der Waals surface area contributed by atoms with Crippen LogP contribution in [0.2, 0.25) is 0 Å². The molecule has 0 atom stereocenters. The van der Waals surface area contributed by atoms with Gasteiger partial charge >= 0.3 is 0 Å². The lowest BCUT2D eigenvalue weighted by Gasteiger charge is -2.23. The van der Waals surface area contributed by atoms with Gasteiger partial charge < -0.3 is 10.3 Å². The summed E-state index contributed by atoms with van der Waals surface area (Å²) in [7, 11) is 0. The lowest BCUT2D eigenvalue weighted by atomic mass is 9.85. The molecule has 1 fully saturated rings. The second-order valence-corrected chi connectivity index (χ2v) is 6.41. The van der Waals surface area contributed by atoms with Crippen molar-refractivity contribution in [3.63, 3.8) is 0 Å². The van der Waals surface area contributed by atoms with E-state index in [-0.39, 0.29) is 5.69 Å². The van der Waals surface area contributed by atoms with E-state index in [0.29, 0.717) is 23.0 Å². The summed E-state index contributed by atoms with van der Waals surface area (Å²) >= 11 is 0. The first-order chi connectivity index (χ1) is 12.0. The van der Waals surface area contributed by atoms with Gasteiger partial charge in [0, 0.05) is 17.8 Å². The molecule has 0 radical (unpaired) electrons. The third-order valence-corrected chi connectivity index (χ3v) is 4.71. The largest absolute Gasteiger partial charge is 0.323 e. The fraction of sp³-hybridized carbons (Fsp3) is 0.353. The number of rotatable bonds is 3. The number of H-pyrrole nitrogens is 1. The van der Waals surface area contributed by atoms with Crippen molar-refractivity contribution >= 4 is 17.2 Å². The van der Waals surface area contributed by atoms with Crippen molar-refractivity contribution in [1.29, 1.82) is 0 Å². The molecule has 2 N–H and O–H groups in total. The molecule has 25 heavy (non-hydrogen) atoms. The zero-order valence-electron chi connectivity index (χ0n) is 14.0. The summed E-state index contributed by atoms with van der Waals surface area (Å²) in [6, 6.07) is 3.53. The first-order valence-electron chi connectivity index (χ1n) is 8.26. The predicted octanol–water partition coefficient (Wildman–Crippen LogP) is 1.95. The van der Waals surface area contributed by atoms with Crippen molar-refractivity contribution in [3.8, 4) is 0 Å². The lowest BCUT2D eigenvalue weighted by Crippen LogP contribution is -2.26. The van der Waals surface area contributed by atoms with Crippen LogP contribution in [0.3, 0.4) is 0 Å². The average molecular weight is 338 g/mol. The molecular formula is C17H18N6O2. The molecule has 128 valence electrons. The number of amides is 1. The molecule has 1 amide bonds. The van der Waals surface area contributed by atoms with Crippen molar-refractivity contribution in [2.24, 2.45) is 0 Å². The van der Waals surface area contributed by atoms with Crippen molar-refractivity contribution in [3.05, 3.63) is 51.6 Å². The lowest BCUT2D eigenvalue weighted by molar-refractivity contribution is 0.102. The van der Waals surface area contributed by atoms with Crippen molar-refractivity contribution in [2.75, 3.05) is 5.32 Å². The van der Waals surface area contributed by atoms with Crippen molar-refractivity contribution < 1.29 is 4.79 Å². The maximum atomic E-state index is 12.4. The SMILES string of the molecule is Cc1nc(C(=O)Nc2ccc3nnc(C4CCC4)n3c2)c(=O)[nH]c1C. The minimum Gasteiger partial charge on any atom is -0.323 e. The molecule has 1 aliphatic rings.